The number of fused-ring (bicyclic) bond motifs is 1. The topological polar surface area (TPSA) is 37.8 Å². The molecule has 1 atom stereocenters. The third-order valence-corrected chi connectivity index (χ3v) is 4.98. The Bertz CT molecular complexity index is 1080. The summed E-state index contributed by atoms with van der Waals surface area (Å²) in [6, 6.07) is 25.0. The van der Waals surface area contributed by atoms with Crippen LogP contribution < -0.4 is 5.32 Å². The van der Waals surface area contributed by atoms with E-state index in [0.29, 0.717) is 0 Å². The van der Waals surface area contributed by atoms with Crippen LogP contribution in [-0.2, 0) is 6.42 Å². The molecule has 4 aromatic rings. The molecule has 1 N–H and O–H groups in total. The SMILES string of the molecule is CC(Cl)CCc1cccc(-c2ccc3ncnc(Nc4ccccc4)c3c2)c1. The molecular formula is C24H22ClN3. The minimum Gasteiger partial charge on any atom is -0.340 e. The van der Waals surface area contributed by atoms with Gasteiger partial charge in [-0.1, -0.05) is 48.5 Å². The molecule has 1 unspecified atom stereocenters. The zero-order chi connectivity index (χ0) is 19.3. The van der Waals surface area contributed by atoms with Crippen LogP contribution in [-0.4, -0.2) is 15.3 Å². The van der Waals surface area contributed by atoms with Gasteiger partial charge in [0, 0.05) is 16.5 Å². The number of para-hydroxylation sites is 1. The van der Waals surface area contributed by atoms with Crippen molar-refractivity contribution in [2.45, 2.75) is 25.1 Å². The maximum absolute atomic E-state index is 6.11. The lowest BCUT2D eigenvalue weighted by atomic mass is 9.99. The summed E-state index contributed by atoms with van der Waals surface area (Å²) in [7, 11) is 0. The molecule has 0 radical (unpaired) electrons. The highest BCUT2D eigenvalue weighted by Gasteiger charge is 2.08. The van der Waals surface area contributed by atoms with Crippen molar-refractivity contribution < 1.29 is 0 Å². The van der Waals surface area contributed by atoms with E-state index < -0.39 is 0 Å². The van der Waals surface area contributed by atoms with Crippen LogP contribution in [0, 0.1) is 0 Å². The van der Waals surface area contributed by atoms with E-state index in [2.05, 4.69) is 57.7 Å². The largest absolute Gasteiger partial charge is 0.340 e. The number of alkyl halides is 1. The molecule has 0 fully saturated rings. The van der Waals surface area contributed by atoms with Gasteiger partial charge < -0.3 is 5.32 Å². The Morgan fingerprint density at radius 2 is 1.71 bits per heavy atom. The summed E-state index contributed by atoms with van der Waals surface area (Å²) >= 11 is 6.11. The van der Waals surface area contributed by atoms with Gasteiger partial charge in [-0.05, 0) is 60.7 Å². The fourth-order valence-electron chi connectivity index (χ4n) is 3.27. The van der Waals surface area contributed by atoms with E-state index in [1.54, 1.807) is 6.33 Å². The van der Waals surface area contributed by atoms with Gasteiger partial charge in [-0.15, -0.1) is 11.6 Å². The first kappa shape index (κ1) is 18.5. The van der Waals surface area contributed by atoms with Gasteiger partial charge in [-0.3, -0.25) is 0 Å². The molecule has 4 rings (SSSR count). The van der Waals surface area contributed by atoms with Crippen molar-refractivity contribution >= 4 is 34.0 Å². The molecule has 0 bridgehead atoms. The average Bonchev–Trinajstić information content (AvgIpc) is 2.73. The lowest BCUT2D eigenvalue weighted by Crippen LogP contribution is -1.96. The molecule has 0 saturated heterocycles. The second-order valence-corrected chi connectivity index (χ2v) is 7.71. The summed E-state index contributed by atoms with van der Waals surface area (Å²) < 4.78 is 0. The zero-order valence-corrected chi connectivity index (χ0v) is 16.5. The molecule has 0 spiro atoms. The average molecular weight is 388 g/mol. The molecule has 1 heterocycles. The van der Waals surface area contributed by atoms with E-state index in [1.807, 2.05) is 37.3 Å². The predicted molar refractivity (Wildman–Crippen MR) is 118 cm³/mol. The first-order valence-corrected chi connectivity index (χ1v) is 9.93. The summed E-state index contributed by atoms with van der Waals surface area (Å²) in [5.74, 6) is 0.810. The molecule has 0 aliphatic rings. The second kappa shape index (κ2) is 8.41. The van der Waals surface area contributed by atoms with E-state index >= 15 is 0 Å². The van der Waals surface area contributed by atoms with E-state index in [0.717, 1.165) is 40.8 Å². The maximum Gasteiger partial charge on any atom is 0.141 e. The van der Waals surface area contributed by atoms with Gasteiger partial charge in [0.2, 0.25) is 0 Å². The van der Waals surface area contributed by atoms with E-state index in [4.69, 9.17) is 11.6 Å². The third-order valence-electron chi connectivity index (χ3n) is 4.76. The number of halogens is 1. The lowest BCUT2D eigenvalue weighted by molar-refractivity contribution is 0.803. The molecule has 140 valence electrons. The molecule has 0 amide bonds. The van der Waals surface area contributed by atoms with Crippen LogP contribution >= 0.6 is 11.6 Å². The molecule has 28 heavy (non-hydrogen) atoms. The van der Waals surface area contributed by atoms with Crippen molar-refractivity contribution in [3.8, 4) is 11.1 Å². The van der Waals surface area contributed by atoms with Gasteiger partial charge in [0.15, 0.2) is 0 Å². The summed E-state index contributed by atoms with van der Waals surface area (Å²) in [6.45, 7) is 2.04. The predicted octanol–water partition coefficient (Wildman–Crippen LogP) is 6.60. The van der Waals surface area contributed by atoms with Crippen LogP contribution in [0.5, 0.6) is 0 Å². The van der Waals surface area contributed by atoms with E-state index in [1.165, 1.54) is 11.1 Å². The highest BCUT2D eigenvalue weighted by Crippen LogP contribution is 2.29. The lowest BCUT2D eigenvalue weighted by Gasteiger charge is -2.11. The number of hydrogen-bond donors (Lipinski definition) is 1. The summed E-state index contributed by atoms with van der Waals surface area (Å²) in [6.07, 6.45) is 3.55. The number of nitrogens with zero attached hydrogens (tertiary/aromatic N) is 2. The summed E-state index contributed by atoms with van der Waals surface area (Å²) in [5, 5.41) is 4.60. The fraction of sp³-hybridized carbons (Fsp3) is 0.167. The Morgan fingerprint density at radius 1 is 0.893 bits per heavy atom. The molecule has 4 heteroatoms. The highest BCUT2D eigenvalue weighted by atomic mass is 35.5. The fourth-order valence-corrected chi connectivity index (χ4v) is 3.38. The quantitative estimate of drug-likeness (QED) is 0.379. The van der Waals surface area contributed by atoms with Crippen molar-refractivity contribution in [3.63, 3.8) is 0 Å². The van der Waals surface area contributed by atoms with Crippen LogP contribution in [0.1, 0.15) is 18.9 Å². The molecule has 0 aliphatic carbocycles. The Balaban J connectivity index is 1.69. The number of anilines is 2. The Kier molecular flexibility index (Phi) is 5.54. The molecule has 0 aliphatic heterocycles. The second-order valence-electron chi connectivity index (χ2n) is 6.97. The van der Waals surface area contributed by atoms with Crippen LogP contribution in [0.4, 0.5) is 11.5 Å². The van der Waals surface area contributed by atoms with Gasteiger partial charge >= 0.3 is 0 Å². The number of nitrogens with one attached hydrogen (secondary N) is 1. The zero-order valence-electron chi connectivity index (χ0n) is 15.8. The first-order valence-electron chi connectivity index (χ1n) is 9.49. The Hall–Kier alpha value is -2.91. The van der Waals surface area contributed by atoms with E-state index in [9.17, 15) is 0 Å². The van der Waals surface area contributed by atoms with Crippen molar-refractivity contribution in [1.29, 1.82) is 0 Å². The van der Waals surface area contributed by atoms with Crippen molar-refractivity contribution in [1.82, 2.24) is 9.97 Å². The molecule has 3 nitrogen and oxygen atoms in total. The van der Waals surface area contributed by atoms with Crippen molar-refractivity contribution in [2.24, 2.45) is 0 Å². The highest BCUT2D eigenvalue weighted by molar-refractivity contribution is 6.20. The minimum atomic E-state index is 0.188. The number of aryl methyl sites for hydroxylation is 1. The van der Waals surface area contributed by atoms with Gasteiger partial charge in [0.05, 0.1) is 5.52 Å². The van der Waals surface area contributed by atoms with Gasteiger partial charge in [0.25, 0.3) is 0 Å². The molecular weight excluding hydrogens is 366 g/mol. The molecule has 0 saturated carbocycles. The van der Waals surface area contributed by atoms with Crippen LogP contribution in [0.25, 0.3) is 22.0 Å². The van der Waals surface area contributed by atoms with E-state index in [-0.39, 0.29) is 5.38 Å². The molecule has 1 aromatic heterocycles. The maximum atomic E-state index is 6.11. The Labute approximate surface area is 170 Å². The smallest absolute Gasteiger partial charge is 0.141 e. The Morgan fingerprint density at radius 3 is 2.54 bits per heavy atom. The summed E-state index contributed by atoms with van der Waals surface area (Å²) in [5.41, 5.74) is 5.57. The summed E-state index contributed by atoms with van der Waals surface area (Å²) in [4.78, 5) is 8.89. The minimum absolute atomic E-state index is 0.188. The monoisotopic (exact) mass is 387 g/mol. The number of aromatic nitrogens is 2. The number of hydrogen-bond acceptors (Lipinski definition) is 3. The van der Waals surface area contributed by atoms with Crippen LogP contribution in [0.15, 0.2) is 79.1 Å². The third kappa shape index (κ3) is 4.32. The standard InChI is InChI=1S/C24H22ClN3/c1-17(25)10-11-18-6-5-7-19(14-18)20-12-13-23-22(15-20)24(27-16-26-23)28-21-8-3-2-4-9-21/h2-9,12-17H,10-11H2,1H3,(H,26,27,28). The van der Waals surface area contributed by atoms with Crippen LogP contribution in [0.3, 0.4) is 0 Å². The van der Waals surface area contributed by atoms with Crippen molar-refractivity contribution in [3.05, 3.63) is 84.7 Å². The van der Waals surface area contributed by atoms with Gasteiger partial charge in [0.1, 0.15) is 12.1 Å². The van der Waals surface area contributed by atoms with Crippen LogP contribution in [0.2, 0.25) is 0 Å². The van der Waals surface area contributed by atoms with Crippen molar-refractivity contribution in [2.75, 3.05) is 5.32 Å². The number of benzene rings is 3. The first-order chi connectivity index (χ1) is 13.7. The van der Waals surface area contributed by atoms with Gasteiger partial charge in [-0.2, -0.15) is 0 Å². The number of rotatable bonds is 6. The normalized spacial score (nSPS) is 12.1. The molecule has 3 aromatic carbocycles. The van der Waals surface area contributed by atoms with Gasteiger partial charge in [-0.25, -0.2) is 9.97 Å².